The molecule has 3 unspecified atom stereocenters. The van der Waals surface area contributed by atoms with Gasteiger partial charge in [0.25, 0.3) is 0 Å². The van der Waals surface area contributed by atoms with E-state index in [1.165, 1.54) is 6.07 Å². The largest absolute Gasteiger partial charge is 0.481 e. The van der Waals surface area contributed by atoms with Crippen molar-refractivity contribution in [3.63, 3.8) is 0 Å². The number of nitrogens with one attached hydrogen (secondary N) is 1. The summed E-state index contributed by atoms with van der Waals surface area (Å²) in [4.78, 5) is 26.7. The highest BCUT2D eigenvalue weighted by Gasteiger charge is 2.61. The summed E-state index contributed by atoms with van der Waals surface area (Å²) in [5, 5.41) is 12.8. The van der Waals surface area contributed by atoms with Crippen molar-refractivity contribution in [3.8, 4) is 0 Å². The van der Waals surface area contributed by atoms with E-state index in [1.807, 2.05) is 11.8 Å². The number of carbonyl (C=O) groups is 2. The van der Waals surface area contributed by atoms with Crippen LogP contribution in [0, 0.1) is 34.8 Å². The van der Waals surface area contributed by atoms with Crippen molar-refractivity contribution in [2.75, 3.05) is 6.54 Å². The van der Waals surface area contributed by atoms with Crippen LogP contribution in [0.2, 0.25) is 0 Å². The lowest BCUT2D eigenvalue weighted by atomic mass is 9.47. The Kier molecular flexibility index (Phi) is 3.62. The molecule has 2 N–H and O–H groups in total. The smallest absolute Gasteiger partial charge is 0.318 e. The topological polar surface area (TPSA) is 69.6 Å². The van der Waals surface area contributed by atoms with Crippen LogP contribution in [0.1, 0.15) is 44.6 Å². The van der Waals surface area contributed by atoms with Crippen LogP contribution in [0.3, 0.4) is 0 Å². The van der Waals surface area contributed by atoms with Crippen molar-refractivity contribution >= 4 is 12.0 Å². The maximum atomic E-state index is 13.7. The van der Waals surface area contributed by atoms with E-state index in [2.05, 4.69) is 5.32 Å². The van der Waals surface area contributed by atoms with E-state index in [0.29, 0.717) is 30.9 Å². The molecule has 5 aliphatic rings. The molecule has 4 aliphatic carbocycles. The molecule has 0 radical (unpaired) electrons. The predicted molar refractivity (Wildman–Crippen MR) is 96.4 cm³/mol. The Morgan fingerprint density at radius 1 is 1.18 bits per heavy atom. The molecule has 4 bridgehead atoms. The maximum Gasteiger partial charge on any atom is 0.318 e. The number of amides is 2. The number of nitrogens with zero attached hydrogens (tertiary/aromatic N) is 1. The number of aliphatic carboxylic acids is 1. The SMILES string of the molecule is CC1(c2ccc(F)c(F)c2)CN(C2C3CC4CC2CC(C(=O)O)(C4)C3)C(=O)N1. The van der Waals surface area contributed by atoms with Gasteiger partial charge < -0.3 is 15.3 Å². The summed E-state index contributed by atoms with van der Waals surface area (Å²) >= 11 is 0. The monoisotopic (exact) mass is 390 g/mol. The van der Waals surface area contributed by atoms with E-state index >= 15 is 0 Å². The molecule has 3 atom stereocenters. The van der Waals surface area contributed by atoms with Gasteiger partial charge in [0.1, 0.15) is 0 Å². The molecule has 6 rings (SSSR count). The Morgan fingerprint density at radius 3 is 2.46 bits per heavy atom. The zero-order valence-corrected chi connectivity index (χ0v) is 15.8. The Hall–Kier alpha value is -2.18. The molecule has 0 spiro atoms. The van der Waals surface area contributed by atoms with Crippen molar-refractivity contribution in [2.45, 2.75) is 50.6 Å². The second kappa shape index (κ2) is 5.67. The van der Waals surface area contributed by atoms with Gasteiger partial charge in [-0.1, -0.05) is 6.07 Å². The summed E-state index contributed by atoms with van der Waals surface area (Å²) in [6, 6.07) is 3.57. The van der Waals surface area contributed by atoms with Gasteiger partial charge in [-0.25, -0.2) is 13.6 Å². The number of carbonyl (C=O) groups excluding carboxylic acids is 1. The molecule has 4 saturated carbocycles. The lowest BCUT2D eigenvalue weighted by Crippen LogP contribution is -2.61. The molecule has 1 aromatic rings. The molecule has 7 heteroatoms. The minimum absolute atomic E-state index is 0.0242. The van der Waals surface area contributed by atoms with Gasteiger partial charge in [0.15, 0.2) is 11.6 Å². The van der Waals surface area contributed by atoms with Crippen LogP contribution in [0.5, 0.6) is 0 Å². The highest BCUT2D eigenvalue weighted by Crippen LogP contribution is 2.61. The van der Waals surface area contributed by atoms with Crippen LogP contribution in [-0.4, -0.2) is 34.6 Å². The maximum absolute atomic E-state index is 13.7. The summed E-state index contributed by atoms with van der Waals surface area (Å²) < 4.78 is 27.1. The first-order chi connectivity index (χ1) is 13.2. The highest BCUT2D eigenvalue weighted by atomic mass is 19.2. The lowest BCUT2D eigenvalue weighted by molar-refractivity contribution is -0.170. The molecular formula is C21H24F2N2O3. The second-order valence-electron chi connectivity index (χ2n) is 9.57. The summed E-state index contributed by atoms with van der Waals surface area (Å²) in [5.41, 5.74) is -0.884. The van der Waals surface area contributed by atoms with E-state index < -0.39 is 28.6 Å². The standard InChI is InChI=1S/C21H24F2N2O3/c1-20(14-2-3-15(22)16(23)6-14)10-25(19(28)24-20)17-12-4-11-5-13(17)9-21(7-11,8-12)18(26)27/h2-3,6,11-13,17H,4-5,7-10H2,1H3,(H,24,28)(H,26,27). The van der Waals surface area contributed by atoms with E-state index in [0.717, 1.165) is 31.4 Å². The number of hydrogen-bond acceptors (Lipinski definition) is 2. The van der Waals surface area contributed by atoms with Crippen molar-refractivity contribution in [2.24, 2.45) is 23.2 Å². The Balaban J connectivity index is 1.43. The number of carboxylic acid groups (broad SMARTS) is 1. The number of halogens is 2. The average molecular weight is 390 g/mol. The quantitative estimate of drug-likeness (QED) is 0.830. The zero-order chi connectivity index (χ0) is 19.8. The van der Waals surface area contributed by atoms with Crippen LogP contribution in [0.4, 0.5) is 13.6 Å². The predicted octanol–water partition coefficient (Wildman–Crippen LogP) is 3.48. The van der Waals surface area contributed by atoms with Gasteiger partial charge in [0, 0.05) is 12.6 Å². The molecule has 5 nitrogen and oxygen atoms in total. The highest BCUT2D eigenvalue weighted by molar-refractivity contribution is 5.79. The normalized spacial score (nSPS) is 41.4. The minimum Gasteiger partial charge on any atom is -0.481 e. The molecule has 1 aromatic carbocycles. The number of carboxylic acids is 1. The molecule has 150 valence electrons. The van der Waals surface area contributed by atoms with Gasteiger partial charge in [-0.15, -0.1) is 0 Å². The van der Waals surface area contributed by atoms with Gasteiger partial charge in [-0.3, -0.25) is 4.79 Å². The first kappa shape index (κ1) is 17.9. The number of benzene rings is 1. The Morgan fingerprint density at radius 2 is 1.86 bits per heavy atom. The van der Waals surface area contributed by atoms with Gasteiger partial charge in [-0.2, -0.15) is 0 Å². The van der Waals surface area contributed by atoms with E-state index in [4.69, 9.17) is 0 Å². The van der Waals surface area contributed by atoms with Crippen molar-refractivity contribution in [1.82, 2.24) is 10.2 Å². The van der Waals surface area contributed by atoms with Crippen molar-refractivity contribution in [3.05, 3.63) is 35.4 Å². The molecular weight excluding hydrogens is 366 g/mol. The van der Waals surface area contributed by atoms with Crippen molar-refractivity contribution < 1.29 is 23.5 Å². The van der Waals surface area contributed by atoms with E-state index in [-0.39, 0.29) is 23.9 Å². The fourth-order valence-electron chi connectivity index (χ4n) is 6.77. The third-order valence-electron chi connectivity index (χ3n) is 7.72. The van der Waals surface area contributed by atoms with Crippen LogP contribution >= 0.6 is 0 Å². The van der Waals surface area contributed by atoms with Gasteiger partial charge in [-0.05, 0) is 74.5 Å². The van der Waals surface area contributed by atoms with Crippen molar-refractivity contribution in [1.29, 1.82) is 0 Å². The summed E-state index contributed by atoms with van der Waals surface area (Å²) in [6.45, 7) is 2.20. The third-order valence-corrected chi connectivity index (χ3v) is 7.72. The molecule has 1 heterocycles. The van der Waals surface area contributed by atoms with Gasteiger partial charge in [0.05, 0.1) is 11.0 Å². The Bertz CT molecular complexity index is 859. The fraction of sp³-hybridized carbons (Fsp3) is 0.619. The molecule has 2 amide bonds. The summed E-state index contributed by atoms with van der Waals surface area (Å²) in [7, 11) is 0. The zero-order valence-electron chi connectivity index (χ0n) is 15.8. The summed E-state index contributed by atoms with van der Waals surface area (Å²) in [5.74, 6) is -1.70. The van der Waals surface area contributed by atoms with Gasteiger partial charge in [0.2, 0.25) is 0 Å². The van der Waals surface area contributed by atoms with E-state index in [9.17, 15) is 23.5 Å². The van der Waals surface area contributed by atoms with E-state index in [1.54, 1.807) is 0 Å². The molecule has 28 heavy (non-hydrogen) atoms. The summed E-state index contributed by atoms with van der Waals surface area (Å²) in [6.07, 6.45) is 3.97. The third kappa shape index (κ3) is 2.40. The molecule has 1 saturated heterocycles. The minimum atomic E-state index is -0.926. The second-order valence-corrected chi connectivity index (χ2v) is 9.57. The lowest BCUT2D eigenvalue weighted by Gasteiger charge is -2.59. The number of rotatable bonds is 3. The van der Waals surface area contributed by atoms with Crippen LogP contribution in [0.15, 0.2) is 18.2 Å². The average Bonchev–Trinajstić information content (AvgIpc) is 2.92. The molecule has 5 fully saturated rings. The van der Waals surface area contributed by atoms with Crippen LogP contribution < -0.4 is 5.32 Å². The Labute approximate surface area is 162 Å². The first-order valence-electron chi connectivity index (χ1n) is 9.98. The number of urea groups is 1. The number of hydrogen-bond donors (Lipinski definition) is 2. The first-order valence-corrected chi connectivity index (χ1v) is 9.98. The van der Waals surface area contributed by atoms with Crippen LogP contribution in [-0.2, 0) is 10.3 Å². The molecule has 1 aliphatic heterocycles. The van der Waals surface area contributed by atoms with Gasteiger partial charge >= 0.3 is 12.0 Å². The molecule has 0 aromatic heterocycles. The fourth-order valence-corrected chi connectivity index (χ4v) is 6.77. The van der Waals surface area contributed by atoms with Crippen LogP contribution in [0.25, 0.3) is 0 Å².